The Morgan fingerprint density at radius 1 is 1.12 bits per heavy atom. The van der Waals surface area contributed by atoms with Gasteiger partial charge in [0.15, 0.2) is 22.4 Å². The van der Waals surface area contributed by atoms with Crippen LogP contribution in [0.3, 0.4) is 0 Å². The maximum Gasteiger partial charge on any atom is 0.302 e. The third-order valence-electron chi connectivity index (χ3n) is 5.60. The number of nitrogens with zero attached hydrogens (tertiary/aromatic N) is 2. The average molecular weight is 480 g/mol. The van der Waals surface area contributed by atoms with Gasteiger partial charge in [-0.3, -0.25) is 19.3 Å². The van der Waals surface area contributed by atoms with E-state index in [2.05, 4.69) is 4.98 Å². The van der Waals surface area contributed by atoms with Gasteiger partial charge in [-0.2, -0.15) is 0 Å². The van der Waals surface area contributed by atoms with Crippen molar-refractivity contribution in [1.82, 2.24) is 4.98 Å². The maximum absolute atomic E-state index is 13.2. The molecule has 0 saturated carbocycles. The summed E-state index contributed by atoms with van der Waals surface area (Å²) < 4.78 is 16.9. The number of amides is 1. The molecule has 2 aliphatic heterocycles. The van der Waals surface area contributed by atoms with Crippen LogP contribution in [-0.2, 0) is 9.59 Å². The Morgan fingerprint density at radius 2 is 1.85 bits per heavy atom. The minimum Gasteiger partial charge on any atom is -0.507 e. The number of aliphatic hydroxyl groups excluding tert-OH is 1. The van der Waals surface area contributed by atoms with Crippen LogP contribution in [0.1, 0.15) is 45.4 Å². The fraction of sp³-hybridized carbons (Fsp3) is 0.250. The maximum atomic E-state index is 13.2. The number of hydrogen-bond donors (Lipinski definition) is 1. The van der Waals surface area contributed by atoms with Gasteiger partial charge in [-0.15, -0.1) is 0 Å². The first-order chi connectivity index (χ1) is 16.3. The second-order valence-electron chi connectivity index (χ2n) is 7.94. The van der Waals surface area contributed by atoms with Crippen molar-refractivity contribution in [3.63, 3.8) is 0 Å². The van der Waals surface area contributed by atoms with Crippen LogP contribution in [0.15, 0.2) is 40.3 Å². The Morgan fingerprint density at radius 3 is 2.50 bits per heavy atom. The molecule has 1 amide bonds. The van der Waals surface area contributed by atoms with Crippen molar-refractivity contribution < 1.29 is 33.4 Å². The van der Waals surface area contributed by atoms with E-state index < -0.39 is 17.7 Å². The zero-order valence-corrected chi connectivity index (χ0v) is 19.4. The van der Waals surface area contributed by atoms with Gasteiger partial charge in [0, 0.05) is 12.5 Å². The number of rotatable bonds is 4. The number of fused-ring (bicyclic) bond motifs is 1. The molecule has 1 N–H and O–H groups in total. The quantitative estimate of drug-likeness (QED) is 0.258. The van der Waals surface area contributed by atoms with Crippen LogP contribution in [0, 0.1) is 13.8 Å². The molecule has 2 aromatic heterocycles. The number of benzene rings is 1. The molecular formula is C24H20N2O7S. The molecule has 1 fully saturated rings. The topological polar surface area (TPSA) is 119 Å². The van der Waals surface area contributed by atoms with E-state index in [0.29, 0.717) is 41.0 Å². The van der Waals surface area contributed by atoms with Gasteiger partial charge in [0.25, 0.3) is 5.78 Å². The second-order valence-corrected chi connectivity index (χ2v) is 8.92. The molecule has 0 spiro atoms. The number of carbonyl (C=O) groups is 3. The molecule has 1 atom stereocenters. The summed E-state index contributed by atoms with van der Waals surface area (Å²) >= 11 is 1.01. The summed E-state index contributed by atoms with van der Waals surface area (Å²) in [5.74, 6) is -0.525. The molecule has 2 aliphatic rings. The van der Waals surface area contributed by atoms with E-state index in [1.54, 1.807) is 44.2 Å². The van der Waals surface area contributed by atoms with E-state index in [1.807, 2.05) is 0 Å². The molecule has 174 valence electrons. The fourth-order valence-electron chi connectivity index (χ4n) is 4.06. The summed E-state index contributed by atoms with van der Waals surface area (Å²) in [7, 11) is 0. The Bertz CT molecular complexity index is 1380. The van der Waals surface area contributed by atoms with Crippen molar-refractivity contribution in [3.8, 4) is 11.5 Å². The standard InChI is InChI=1S/C24H20N2O7S/c1-11-4-6-16(33-11)19-18(20(28)14-5-7-15-17(10-14)32-9-8-31-15)21(29)23(30)26(19)24-25-12(2)22(34-24)13(3)27/h4-7,10,19,28H,8-9H2,1-3H3/b20-18+. The molecule has 0 radical (unpaired) electrons. The number of aliphatic hydroxyl groups is 1. The number of anilines is 1. The molecule has 34 heavy (non-hydrogen) atoms. The number of furan rings is 1. The van der Waals surface area contributed by atoms with Gasteiger partial charge < -0.3 is 19.0 Å². The van der Waals surface area contributed by atoms with Crippen molar-refractivity contribution in [2.24, 2.45) is 0 Å². The minimum absolute atomic E-state index is 0.145. The van der Waals surface area contributed by atoms with E-state index in [0.717, 1.165) is 11.3 Å². The van der Waals surface area contributed by atoms with Crippen molar-refractivity contribution >= 4 is 39.7 Å². The Balaban J connectivity index is 1.68. The van der Waals surface area contributed by atoms with Gasteiger partial charge in [-0.1, -0.05) is 11.3 Å². The third kappa shape index (κ3) is 3.47. The monoisotopic (exact) mass is 480 g/mol. The minimum atomic E-state index is -1.06. The third-order valence-corrected chi connectivity index (χ3v) is 6.86. The number of hydrogen-bond acceptors (Lipinski definition) is 9. The summed E-state index contributed by atoms with van der Waals surface area (Å²) in [5.41, 5.74) is 0.596. The van der Waals surface area contributed by atoms with Crippen LogP contribution in [0.25, 0.3) is 5.76 Å². The largest absolute Gasteiger partial charge is 0.507 e. The van der Waals surface area contributed by atoms with E-state index >= 15 is 0 Å². The van der Waals surface area contributed by atoms with Gasteiger partial charge >= 0.3 is 5.91 Å². The first kappa shape index (κ1) is 21.9. The first-order valence-corrected chi connectivity index (χ1v) is 11.3. The number of aryl methyl sites for hydroxylation is 2. The number of carbonyl (C=O) groups excluding carboxylic acids is 3. The lowest BCUT2D eigenvalue weighted by molar-refractivity contribution is -0.132. The molecule has 1 unspecified atom stereocenters. The molecule has 3 aromatic rings. The Kier molecular flexibility index (Phi) is 5.24. The average Bonchev–Trinajstić information content (AvgIpc) is 3.49. The van der Waals surface area contributed by atoms with E-state index in [4.69, 9.17) is 13.9 Å². The van der Waals surface area contributed by atoms with E-state index in [9.17, 15) is 19.5 Å². The molecule has 10 heteroatoms. The van der Waals surface area contributed by atoms with Crippen LogP contribution in [0.2, 0.25) is 0 Å². The molecular weight excluding hydrogens is 460 g/mol. The fourth-order valence-corrected chi connectivity index (χ4v) is 5.05. The molecule has 1 aromatic carbocycles. The van der Waals surface area contributed by atoms with E-state index in [-0.39, 0.29) is 33.6 Å². The lowest BCUT2D eigenvalue weighted by atomic mass is 9.99. The van der Waals surface area contributed by atoms with Crippen LogP contribution in [0.4, 0.5) is 5.13 Å². The van der Waals surface area contributed by atoms with E-state index in [1.165, 1.54) is 11.8 Å². The van der Waals surface area contributed by atoms with Crippen molar-refractivity contribution in [2.45, 2.75) is 26.8 Å². The zero-order valence-electron chi connectivity index (χ0n) is 18.6. The highest BCUT2D eigenvalue weighted by Gasteiger charge is 2.49. The van der Waals surface area contributed by atoms with Crippen molar-refractivity contribution in [2.75, 3.05) is 18.1 Å². The number of aromatic nitrogens is 1. The van der Waals surface area contributed by atoms with Gasteiger partial charge in [0.2, 0.25) is 0 Å². The van der Waals surface area contributed by atoms with Crippen molar-refractivity contribution in [1.29, 1.82) is 0 Å². The molecule has 5 rings (SSSR count). The Hall–Kier alpha value is -3.92. The van der Waals surface area contributed by atoms with Gasteiger partial charge in [-0.25, -0.2) is 4.98 Å². The summed E-state index contributed by atoms with van der Waals surface area (Å²) in [6, 6.07) is 7.06. The normalized spacial score (nSPS) is 19.0. The second kappa shape index (κ2) is 8.14. The summed E-state index contributed by atoms with van der Waals surface area (Å²) in [5, 5.41) is 11.4. The summed E-state index contributed by atoms with van der Waals surface area (Å²) in [6.07, 6.45) is 0. The molecule has 0 bridgehead atoms. The van der Waals surface area contributed by atoms with Crippen LogP contribution < -0.4 is 14.4 Å². The summed E-state index contributed by atoms with van der Waals surface area (Å²) in [4.78, 5) is 44.3. The van der Waals surface area contributed by atoms with Gasteiger partial charge in [0.05, 0.1) is 16.1 Å². The Labute approximate surface area is 198 Å². The lowest BCUT2D eigenvalue weighted by Crippen LogP contribution is -2.29. The zero-order chi connectivity index (χ0) is 24.1. The van der Waals surface area contributed by atoms with Crippen molar-refractivity contribution in [3.05, 3.63) is 63.6 Å². The summed E-state index contributed by atoms with van der Waals surface area (Å²) in [6.45, 7) is 5.58. The highest BCUT2D eigenvalue weighted by molar-refractivity contribution is 7.18. The van der Waals surface area contributed by atoms with Gasteiger partial charge in [0.1, 0.15) is 36.5 Å². The van der Waals surface area contributed by atoms with Crippen LogP contribution in [0.5, 0.6) is 11.5 Å². The smallest absolute Gasteiger partial charge is 0.302 e. The highest BCUT2D eigenvalue weighted by Crippen LogP contribution is 2.45. The highest BCUT2D eigenvalue weighted by atomic mass is 32.1. The molecule has 4 heterocycles. The first-order valence-electron chi connectivity index (χ1n) is 10.5. The number of thiazole rings is 1. The molecule has 9 nitrogen and oxygen atoms in total. The number of Topliss-reactive ketones (excluding diaryl/α,β-unsaturated/α-hetero) is 2. The van der Waals surface area contributed by atoms with Crippen LogP contribution in [-0.4, -0.2) is 40.8 Å². The molecule has 1 saturated heterocycles. The van der Waals surface area contributed by atoms with Gasteiger partial charge in [-0.05, 0) is 44.2 Å². The van der Waals surface area contributed by atoms with Crippen LogP contribution >= 0.6 is 11.3 Å². The predicted octanol–water partition coefficient (Wildman–Crippen LogP) is 3.95. The SMILES string of the molecule is CC(=O)c1sc(N2C(=O)C(=O)/C(=C(/O)c3ccc4c(c3)OCCO4)C2c2ccc(C)o2)nc1C. The number of ketones is 2. The molecule has 0 aliphatic carbocycles. The number of ether oxygens (including phenoxy) is 2. The lowest BCUT2D eigenvalue weighted by Gasteiger charge is -2.21. The predicted molar refractivity (Wildman–Crippen MR) is 123 cm³/mol.